The third-order valence-electron chi connectivity index (χ3n) is 5.34. The number of carbonyl (C=O) groups is 2. The summed E-state index contributed by atoms with van der Waals surface area (Å²) in [6, 6.07) is 12.5. The van der Waals surface area contributed by atoms with Gasteiger partial charge in [-0.15, -0.1) is 10.2 Å². The van der Waals surface area contributed by atoms with E-state index in [9.17, 15) is 14.0 Å². The first-order valence-electron chi connectivity index (χ1n) is 11.1. The van der Waals surface area contributed by atoms with Crippen LogP contribution in [-0.2, 0) is 6.61 Å². The number of anilines is 1. The molecule has 0 fully saturated rings. The molecular formula is C25H25FN4O3S. The molecule has 0 spiro atoms. The Kier molecular flexibility index (Phi) is 7.98. The van der Waals surface area contributed by atoms with Crippen LogP contribution in [0.5, 0.6) is 5.75 Å². The predicted octanol–water partition coefficient (Wildman–Crippen LogP) is 5.13. The SMILES string of the molecule is O=C(NCCC1=CCCCC1)c1ccc(OCc2nnc(C(=O)Nc3cccc(F)c3)s2)cc1. The number of aromatic nitrogens is 2. The average Bonchev–Trinajstić information content (AvgIpc) is 3.33. The van der Waals surface area contributed by atoms with Gasteiger partial charge in [0.05, 0.1) is 0 Å². The van der Waals surface area contributed by atoms with Gasteiger partial charge in [0.1, 0.15) is 18.2 Å². The van der Waals surface area contributed by atoms with E-state index in [0.29, 0.717) is 28.6 Å². The van der Waals surface area contributed by atoms with Crippen molar-refractivity contribution < 1.29 is 18.7 Å². The molecule has 1 aliphatic carbocycles. The van der Waals surface area contributed by atoms with E-state index in [1.54, 1.807) is 30.3 Å². The van der Waals surface area contributed by atoms with Gasteiger partial charge in [0.25, 0.3) is 11.8 Å². The van der Waals surface area contributed by atoms with Crippen LogP contribution in [0.25, 0.3) is 0 Å². The van der Waals surface area contributed by atoms with E-state index >= 15 is 0 Å². The zero-order valence-electron chi connectivity index (χ0n) is 18.6. The Labute approximate surface area is 201 Å². The van der Waals surface area contributed by atoms with Crippen molar-refractivity contribution in [2.24, 2.45) is 0 Å². The molecule has 0 radical (unpaired) electrons. The van der Waals surface area contributed by atoms with Gasteiger partial charge >= 0.3 is 0 Å². The van der Waals surface area contributed by atoms with Crippen LogP contribution in [0.1, 0.15) is 57.3 Å². The Morgan fingerprint density at radius 3 is 2.68 bits per heavy atom. The van der Waals surface area contributed by atoms with E-state index in [0.717, 1.165) is 30.6 Å². The molecule has 3 aromatic rings. The number of ether oxygens (including phenoxy) is 1. The minimum Gasteiger partial charge on any atom is -0.486 e. The monoisotopic (exact) mass is 480 g/mol. The highest BCUT2D eigenvalue weighted by molar-refractivity contribution is 7.13. The number of allylic oxidation sites excluding steroid dienone is 1. The van der Waals surface area contributed by atoms with Crippen molar-refractivity contribution in [3.8, 4) is 5.75 Å². The Hall–Kier alpha value is -3.59. The summed E-state index contributed by atoms with van der Waals surface area (Å²) < 4.78 is 19.0. The topological polar surface area (TPSA) is 93.2 Å². The number of amides is 2. The summed E-state index contributed by atoms with van der Waals surface area (Å²) in [5, 5.41) is 14.1. The summed E-state index contributed by atoms with van der Waals surface area (Å²) >= 11 is 1.09. The molecule has 0 aliphatic heterocycles. The van der Waals surface area contributed by atoms with Gasteiger partial charge in [-0.05, 0) is 74.6 Å². The molecule has 0 saturated carbocycles. The first kappa shape index (κ1) is 23.6. The highest BCUT2D eigenvalue weighted by atomic mass is 32.1. The molecule has 1 aliphatic rings. The maximum absolute atomic E-state index is 13.3. The van der Waals surface area contributed by atoms with Crippen molar-refractivity contribution >= 4 is 28.8 Å². The molecule has 0 atom stereocenters. The largest absolute Gasteiger partial charge is 0.486 e. The molecule has 0 saturated heterocycles. The standard InChI is InChI=1S/C25H25FN4O3S/c26-19-7-4-8-20(15-19)28-24(32)25-30-29-22(34-25)16-33-21-11-9-18(10-12-21)23(31)27-14-13-17-5-2-1-3-6-17/h4-5,7-12,15H,1-3,6,13-14,16H2,(H,27,31)(H,28,32). The lowest BCUT2D eigenvalue weighted by Gasteiger charge is -2.13. The van der Waals surface area contributed by atoms with Gasteiger partial charge in [-0.1, -0.05) is 29.1 Å². The van der Waals surface area contributed by atoms with E-state index in [1.165, 1.54) is 36.6 Å². The highest BCUT2D eigenvalue weighted by Gasteiger charge is 2.14. The third-order valence-corrected chi connectivity index (χ3v) is 6.23. The molecular weight excluding hydrogens is 455 g/mol. The first-order chi connectivity index (χ1) is 16.6. The Bertz CT molecular complexity index is 1180. The van der Waals surface area contributed by atoms with Gasteiger partial charge in [0.2, 0.25) is 5.01 Å². The number of hydrogen-bond acceptors (Lipinski definition) is 6. The number of hydrogen-bond donors (Lipinski definition) is 2. The van der Waals surface area contributed by atoms with E-state index in [-0.39, 0.29) is 17.5 Å². The summed E-state index contributed by atoms with van der Waals surface area (Å²) in [4.78, 5) is 24.6. The minimum absolute atomic E-state index is 0.110. The quantitative estimate of drug-likeness (QED) is 0.414. The second-order valence-corrected chi connectivity index (χ2v) is 8.95. The molecule has 4 rings (SSSR count). The fourth-order valence-electron chi connectivity index (χ4n) is 3.57. The number of benzene rings is 2. The molecule has 1 aromatic heterocycles. The fraction of sp³-hybridized carbons (Fsp3) is 0.280. The van der Waals surface area contributed by atoms with Gasteiger partial charge in [0.15, 0.2) is 5.01 Å². The van der Waals surface area contributed by atoms with Crippen molar-refractivity contribution in [2.45, 2.75) is 38.7 Å². The van der Waals surface area contributed by atoms with Crippen molar-refractivity contribution in [3.63, 3.8) is 0 Å². The molecule has 2 N–H and O–H groups in total. The highest BCUT2D eigenvalue weighted by Crippen LogP contribution is 2.20. The summed E-state index contributed by atoms with van der Waals surface area (Å²) in [6.45, 7) is 0.765. The van der Waals surface area contributed by atoms with Crippen LogP contribution >= 0.6 is 11.3 Å². The molecule has 1 heterocycles. The lowest BCUT2D eigenvalue weighted by atomic mass is 9.97. The smallest absolute Gasteiger partial charge is 0.286 e. The minimum atomic E-state index is -0.468. The molecule has 176 valence electrons. The molecule has 2 aromatic carbocycles. The number of halogens is 1. The van der Waals surface area contributed by atoms with Crippen LogP contribution in [0.2, 0.25) is 0 Å². The second-order valence-electron chi connectivity index (χ2n) is 7.89. The van der Waals surface area contributed by atoms with Crippen LogP contribution in [0.3, 0.4) is 0 Å². The molecule has 9 heteroatoms. The summed E-state index contributed by atoms with van der Waals surface area (Å²) in [5.74, 6) is -0.444. The van der Waals surface area contributed by atoms with Gasteiger partial charge < -0.3 is 15.4 Å². The van der Waals surface area contributed by atoms with Crippen LogP contribution in [0, 0.1) is 5.82 Å². The van der Waals surface area contributed by atoms with Crippen molar-refractivity contribution in [1.82, 2.24) is 15.5 Å². The third kappa shape index (κ3) is 6.71. The van der Waals surface area contributed by atoms with E-state index in [1.807, 2.05) is 0 Å². The number of nitrogens with one attached hydrogen (secondary N) is 2. The van der Waals surface area contributed by atoms with Gasteiger partial charge in [-0.2, -0.15) is 0 Å². The predicted molar refractivity (Wildman–Crippen MR) is 129 cm³/mol. The molecule has 0 unspecified atom stereocenters. The summed E-state index contributed by atoms with van der Waals surface area (Å²) in [7, 11) is 0. The normalized spacial score (nSPS) is 13.1. The van der Waals surface area contributed by atoms with Crippen molar-refractivity contribution in [2.75, 3.05) is 11.9 Å². The maximum atomic E-state index is 13.3. The molecule has 0 bridgehead atoms. The van der Waals surface area contributed by atoms with Crippen molar-refractivity contribution in [1.29, 1.82) is 0 Å². The molecule has 34 heavy (non-hydrogen) atoms. The van der Waals surface area contributed by atoms with Crippen LogP contribution in [-0.4, -0.2) is 28.6 Å². The fourth-order valence-corrected chi connectivity index (χ4v) is 4.22. The van der Waals surface area contributed by atoms with Crippen molar-refractivity contribution in [3.05, 3.63) is 81.6 Å². The lowest BCUT2D eigenvalue weighted by molar-refractivity contribution is 0.0953. The Morgan fingerprint density at radius 2 is 1.91 bits per heavy atom. The van der Waals surface area contributed by atoms with Crippen LogP contribution in [0.15, 0.2) is 60.2 Å². The van der Waals surface area contributed by atoms with Crippen LogP contribution < -0.4 is 15.4 Å². The summed E-state index contributed by atoms with van der Waals surface area (Å²) in [5.41, 5.74) is 2.34. The zero-order chi connectivity index (χ0) is 23.8. The zero-order valence-corrected chi connectivity index (χ0v) is 19.4. The number of nitrogens with zero attached hydrogens (tertiary/aromatic N) is 2. The Morgan fingerprint density at radius 1 is 1.06 bits per heavy atom. The molecule has 2 amide bonds. The van der Waals surface area contributed by atoms with Gasteiger partial charge in [0, 0.05) is 17.8 Å². The number of carbonyl (C=O) groups excluding carboxylic acids is 2. The average molecular weight is 481 g/mol. The van der Waals surface area contributed by atoms with E-state index in [2.05, 4.69) is 26.9 Å². The van der Waals surface area contributed by atoms with E-state index < -0.39 is 11.7 Å². The maximum Gasteiger partial charge on any atom is 0.286 e. The number of rotatable bonds is 9. The van der Waals surface area contributed by atoms with Gasteiger partial charge in [-0.3, -0.25) is 9.59 Å². The van der Waals surface area contributed by atoms with Gasteiger partial charge in [-0.25, -0.2) is 4.39 Å². The molecule has 7 nitrogen and oxygen atoms in total. The second kappa shape index (κ2) is 11.5. The van der Waals surface area contributed by atoms with E-state index in [4.69, 9.17) is 4.74 Å². The first-order valence-corrected chi connectivity index (χ1v) is 12.0. The Balaban J connectivity index is 1.23. The van der Waals surface area contributed by atoms with Crippen LogP contribution in [0.4, 0.5) is 10.1 Å². The summed E-state index contributed by atoms with van der Waals surface area (Å²) in [6.07, 6.45) is 7.97. The lowest BCUT2D eigenvalue weighted by Crippen LogP contribution is -2.24.